The molecule has 0 fully saturated rings. The van der Waals surface area contributed by atoms with Crippen LogP contribution >= 0.6 is 12.4 Å². The van der Waals surface area contributed by atoms with Gasteiger partial charge in [0.05, 0.1) is 7.11 Å². The molecule has 0 saturated carbocycles. The van der Waals surface area contributed by atoms with Crippen LogP contribution in [0.5, 0.6) is 11.5 Å². The Balaban J connectivity index is 0.00000242. The van der Waals surface area contributed by atoms with Gasteiger partial charge in [0.25, 0.3) is 0 Å². The van der Waals surface area contributed by atoms with Crippen LogP contribution in [0.1, 0.15) is 18.1 Å². The molecule has 0 spiro atoms. The van der Waals surface area contributed by atoms with Gasteiger partial charge >= 0.3 is 0 Å². The first-order valence-electron chi connectivity index (χ1n) is 6.98. The van der Waals surface area contributed by atoms with Gasteiger partial charge in [-0.25, -0.2) is 4.39 Å². The van der Waals surface area contributed by atoms with E-state index in [-0.39, 0.29) is 24.8 Å². The molecule has 0 unspecified atom stereocenters. The van der Waals surface area contributed by atoms with E-state index in [0.717, 1.165) is 18.7 Å². The average molecular weight is 326 g/mol. The Morgan fingerprint density at radius 1 is 1.09 bits per heavy atom. The van der Waals surface area contributed by atoms with Crippen molar-refractivity contribution in [1.29, 1.82) is 0 Å². The fraction of sp³-hybridized carbons (Fsp3) is 0.294. The van der Waals surface area contributed by atoms with E-state index in [1.54, 1.807) is 25.3 Å². The highest BCUT2D eigenvalue weighted by molar-refractivity contribution is 5.85. The highest BCUT2D eigenvalue weighted by Gasteiger charge is 2.07. The molecule has 22 heavy (non-hydrogen) atoms. The minimum atomic E-state index is -0.264. The Labute approximate surface area is 136 Å². The third-order valence-electron chi connectivity index (χ3n) is 3.15. The molecule has 0 heterocycles. The number of methoxy groups -OCH3 is 1. The van der Waals surface area contributed by atoms with E-state index in [1.165, 1.54) is 6.07 Å². The molecule has 0 amide bonds. The Morgan fingerprint density at radius 2 is 1.86 bits per heavy atom. The summed E-state index contributed by atoms with van der Waals surface area (Å²) in [6, 6.07) is 12.3. The van der Waals surface area contributed by atoms with Crippen LogP contribution in [0.2, 0.25) is 0 Å². The highest BCUT2D eigenvalue weighted by Crippen LogP contribution is 2.29. The average Bonchev–Trinajstić information content (AvgIpc) is 2.52. The van der Waals surface area contributed by atoms with Gasteiger partial charge in [-0.05, 0) is 30.3 Å². The molecular formula is C17H21ClFNO2. The van der Waals surface area contributed by atoms with Crippen molar-refractivity contribution in [3.8, 4) is 11.5 Å². The molecule has 0 aromatic heterocycles. The molecule has 0 aliphatic carbocycles. The maximum atomic E-state index is 13.6. The van der Waals surface area contributed by atoms with Gasteiger partial charge in [0.1, 0.15) is 12.4 Å². The van der Waals surface area contributed by atoms with Gasteiger partial charge in [-0.1, -0.05) is 31.2 Å². The van der Waals surface area contributed by atoms with E-state index < -0.39 is 0 Å². The molecule has 3 nitrogen and oxygen atoms in total. The smallest absolute Gasteiger partial charge is 0.161 e. The quantitative estimate of drug-likeness (QED) is 0.836. The molecule has 120 valence electrons. The van der Waals surface area contributed by atoms with Crippen LogP contribution in [0.4, 0.5) is 4.39 Å². The summed E-state index contributed by atoms with van der Waals surface area (Å²) in [6.07, 6.45) is 0. The second kappa shape index (κ2) is 9.28. The summed E-state index contributed by atoms with van der Waals surface area (Å²) < 4.78 is 24.6. The fourth-order valence-corrected chi connectivity index (χ4v) is 1.98. The van der Waals surface area contributed by atoms with E-state index in [0.29, 0.717) is 17.1 Å². The van der Waals surface area contributed by atoms with Crippen LogP contribution in [-0.2, 0) is 13.2 Å². The maximum absolute atomic E-state index is 13.6. The molecule has 0 aliphatic rings. The molecule has 0 aliphatic heterocycles. The maximum Gasteiger partial charge on any atom is 0.161 e. The molecule has 2 aromatic rings. The number of hydrogen-bond donors (Lipinski definition) is 1. The lowest BCUT2D eigenvalue weighted by atomic mass is 10.2. The van der Waals surface area contributed by atoms with Gasteiger partial charge in [0, 0.05) is 12.1 Å². The van der Waals surface area contributed by atoms with E-state index >= 15 is 0 Å². The van der Waals surface area contributed by atoms with E-state index in [2.05, 4.69) is 12.2 Å². The Hall–Kier alpha value is -1.78. The number of hydrogen-bond acceptors (Lipinski definition) is 3. The number of ether oxygens (including phenoxy) is 2. The summed E-state index contributed by atoms with van der Waals surface area (Å²) in [5, 5.41) is 3.25. The summed E-state index contributed by atoms with van der Waals surface area (Å²) >= 11 is 0. The monoisotopic (exact) mass is 325 g/mol. The molecular weight excluding hydrogens is 305 g/mol. The van der Waals surface area contributed by atoms with Crippen molar-refractivity contribution in [1.82, 2.24) is 5.32 Å². The van der Waals surface area contributed by atoms with Gasteiger partial charge in [-0.2, -0.15) is 0 Å². The predicted molar refractivity (Wildman–Crippen MR) is 88.4 cm³/mol. The zero-order chi connectivity index (χ0) is 15.1. The zero-order valence-corrected chi connectivity index (χ0v) is 13.6. The summed E-state index contributed by atoms with van der Waals surface area (Å²) in [4.78, 5) is 0. The Kier molecular flexibility index (Phi) is 7.71. The van der Waals surface area contributed by atoms with Crippen molar-refractivity contribution in [3.63, 3.8) is 0 Å². The number of nitrogens with one attached hydrogen (secondary N) is 1. The Bertz CT molecular complexity index is 593. The lowest BCUT2D eigenvalue weighted by molar-refractivity contribution is 0.279. The van der Waals surface area contributed by atoms with Crippen LogP contribution < -0.4 is 14.8 Å². The first-order chi connectivity index (χ1) is 10.2. The summed E-state index contributed by atoms with van der Waals surface area (Å²) in [5.74, 6) is 1.00. The molecule has 2 rings (SSSR count). The van der Waals surface area contributed by atoms with Crippen molar-refractivity contribution < 1.29 is 13.9 Å². The summed E-state index contributed by atoms with van der Waals surface area (Å²) in [7, 11) is 1.60. The second-order valence-corrected chi connectivity index (χ2v) is 4.65. The van der Waals surface area contributed by atoms with Gasteiger partial charge in [-0.15, -0.1) is 12.4 Å². The third-order valence-corrected chi connectivity index (χ3v) is 3.15. The first-order valence-corrected chi connectivity index (χ1v) is 6.98. The molecule has 0 bridgehead atoms. The minimum absolute atomic E-state index is 0. The topological polar surface area (TPSA) is 30.5 Å². The van der Waals surface area contributed by atoms with Gasteiger partial charge in [0.2, 0.25) is 0 Å². The van der Waals surface area contributed by atoms with E-state index in [9.17, 15) is 4.39 Å². The highest BCUT2D eigenvalue weighted by atomic mass is 35.5. The largest absolute Gasteiger partial charge is 0.493 e. The summed E-state index contributed by atoms with van der Waals surface area (Å²) in [6.45, 7) is 3.92. The molecule has 0 saturated heterocycles. The third kappa shape index (κ3) is 4.90. The lowest BCUT2D eigenvalue weighted by Gasteiger charge is -2.13. The molecule has 5 heteroatoms. The molecule has 0 atom stereocenters. The zero-order valence-electron chi connectivity index (χ0n) is 12.8. The van der Waals surface area contributed by atoms with Crippen molar-refractivity contribution >= 4 is 12.4 Å². The second-order valence-electron chi connectivity index (χ2n) is 4.65. The molecule has 2 aromatic carbocycles. The SMILES string of the molecule is CCNCc1ccc(OCc2ccccc2F)c(OC)c1.Cl. The molecule has 1 N–H and O–H groups in total. The standard InChI is InChI=1S/C17H20FNO2.ClH/c1-3-19-11-13-8-9-16(17(10-13)20-2)21-12-14-6-4-5-7-15(14)18;/h4-10,19H,3,11-12H2,1-2H3;1H. The van der Waals surface area contributed by atoms with Crippen molar-refractivity contribution in [2.45, 2.75) is 20.1 Å². The predicted octanol–water partition coefficient (Wildman–Crippen LogP) is 3.94. The minimum Gasteiger partial charge on any atom is -0.493 e. The lowest BCUT2D eigenvalue weighted by Crippen LogP contribution is -2.11. The fourth-order valence-electron chi connectivity index (χ4n) is 1.98. The van der Waals surface area contributed by atoms with Crippen LogP contribution in [0.25, 0.3) is 0 Å². The van der Waals surface area contributed by atoms with Crippen LogP contribution in [0, 0.1) is 5.82 Å². The number of halogens is 2. The van der Waals surface area contributed by atoms with Crippen LogP contribution in [0.15, 0.2) is 42.5 Å². The van der Waals surface area contributed by atoms with Gasteiger partial charge in [0.15, 0.2) is 11.5 Å². The van der Waals surface area contributed by atoms with Crippen LogP contribution in [-0.4, -0.2) is 13.7 Å². The van der Waals surface area contributed by atoms with Crippen molar-refractivity contribution in [2.75, 3.05) is 13.7 Å². The normalized spacial score (nSPS) is 9.95. The molecule has 0 radical (unpaired) electrons. The summed E-state index contributed by atoms with van der Waals surface area (Å²) in [5.41, 5.74) is 1.64. The van der Waals surface area contributed by atoms with Crippen molar-refractivity contribution in [3.05, 3.63) is 59.4 Å². The van der Waals surface area contributed by atoms with Crippen molar-refractivity contribution in [2.24, 2.45) is 0 Å². The van der Waals surface area contributed by atoms with E-state index in [1.807, 2.05) is 18.2 Å². The number of benzene rings is 2. The number of rotatable bonds is 7. The Morgan fingerprint density at radius 3 is 2.55 bits per heavy atom. The van der Waals surface area contributed by atoms with E-state index in [4.69, 9.17) is 9.47 Å². The van der Waals surface area contributed by atoms with Gasteiger partial charge < -0.3 is 14.8 Å². The van der Waals surface area contributed by atoms with Gasteiger partial charge in [-0.3, -0.25) is 0 Å². The van der Waals surface area contributed by atoms with Crippen LogP contribution in [0.3, 0.4) is 0 Å². The first kappa shape index (κ1) is 18.3.